The third-order valence-corrected chi connectivity index (χ3v) is 10.7. The molecule has 0 bridgehead atoms. The van der Waals surface area contributed by atoms with Crippen LogP contribution in [0.2, 0.25) is 0 Å². The molecule has 1 aromatic heterocycles. The summed E-state index contributed by atoms with van der Waals surface area (Å²) in [5.41, 5.74) is 3.46. The molecule has 156 valence electrons. The van der Waals surface area contributed by atoms with Crippen molar-refractivity contribution in [3.05, 3.63) is 60.7 Å². The third-order valence-electron chi connectivity index (χ3n) is 6.45. The Labute approximate surface area is 187 Å². The SMILES string of the molecule is CSC1(Sc2nc(-c3ccccc3)c(-c3ccccc3)n2C)C(C)(C)C(=O)C1(C)C. The maximum Gasteiger partial charge on any atom is 0.170 e. The average Bonchev–Trinajstić information content (AvgIpc) is 3.08. The maximum absolute atomic E-state index is 12.9. The van der Waals surface area contributed by atoms with Crippen molar-refractivity contribution in [1.82, 2.24) is 9.55 Å². The van der Waals surface area contributed by atoms with Gasteiger partial charge in [-0.2, -0.15) is 0 Å². The lowest BCUT2D eigenvalue weighted by Crippen LogP contribution is -2.70. The van der Waals surface area contributed by atoms with Gasteiger partial charge in [-0.15, -0.1) is 11.8 Å². The fourth-order valence-corrected chi connectivity index (χ4v) is 8.11. The first kappa shape index (κ1) is 21.3. The van der Waals surface area contributed by atoms with Gasteiger partial charge in [0.1, 0.15) is 5.78 Å². The van der Waals surface area contributed by atoms with E-state index >= 15 is 0 Å². The fraction of sp³-hybridized carbons (Fsp3) is 0.360. The molecule has 4 rings (SSSR count). The standard InChI is InChI=1S/C25H28N2OS2/c1-23(2)21(28)24(3,4)25(23,29-6)30-22-26-19(17-13-9-7-10-14-17)20(27(22)5)18-15-11-8-12-16-18/h7-16H,1-6H3. The number of carbonyl (C=O) groups excluding carboxylic acids is 1. The summed E-state index contributed by atoms with van der Waals surface area (Å²) in [5, 5.41) is 0.940. The number of thioether (sulfide) groups is 2. The van der Waals surface area contributed by atoms with Crippen LogP contribution in [0.1, 0.15) is 27.7 Å². The number of rotatable bonds is 5. The molecule has 0 atom stereocenters. The zero-order valence-electron chi connectivity index (χ0n) is 18.4. The molecular formula is C25H28N2OS2. The molecule has 1 fully saturated rings. The highest BCUT2D eigenvalue weighted by Gasteiger charge is 2.73. The molecule has 3 nitrogen and oxygen atoms in total. The lowest BCUT2D eigenvalue weighted by atomic mass is 9.53. The second kappa shape index (κ2) is 7.31. The van der Waals surface area contributed by atoms with Gasteiger partial charge in [-0.1, -0.05) is 100 Å². The zero-order chi connectivity index (χ0) is 21.7. The van der Waals surface area contributed by atoms with Crippen LogP contribution in [0.15, 0.2) is 65.8 Å². The van der Waals surface area contributed by atoms with Gasteiger partial charge in [0.15, 0.2) is 5.16 Å². The number of hydrogen-bond acceptors (Lipinski definition) is 4. The lowest BCUT2D eigenvalue weighted by molar-refractivity contribution is -0.152. The van der Waals surface area contributed by atoms with Crippen molar-refractivity contribution in [3.63, 3.8) is 0 Å². The van der Waals surface area contributed by atoms with Crippen molar-refractivity contribution in [1.29, 1.82) is 0 Å². The molecule has 0 amide bonds. The number of benzene rings is 2. The summed E-state index contributed by atoms with van der Waals surface area (Å²) < 4.78 is 1.91. The minimum absolute atomic E-state index is 0.280. The predicted octanol–water partition coefficient (Wildman–Crippen LogP) is 6.54. The minimum atomic E-state index is -0.424. The number of nitrogens with zero attached hydrogens (tertiary/aromatic N) is 2. The molecule has 0 spiro atoms. The van der Waals surface area contributed by atoms with Crippen LogP contribution in [0.5, 0.6) is 0 Å². The van der Waals surface area contributed by atoms with E-state index in [1.807, 2.05) is 24.3 Å². The van der Waals surface area contributed by atoms with Crippen LogP contribution in [-0.4, -0.2) is 25.7 Å². The Morgan fingerprint density at radius 2 is 1.33 bits per heavy atom. The summed E-state index contributed by atoms with van der Waals surface area (Å²) in [7, 11) is 2.08. The summed E-state index contributed by atoms with van der Waals surface area (Å²) in [6.07, 6.45) is 2.11. The normalized spacial score (nSPS) is 18.8. The number of aromatic nitrogens is 2. The van der Waals surface area contributed by atoms with E-state index in [1.54, 1.807) is 23.5 Å². The molecule has 0 N–H and O–H groups in total. The van der Waals surface area contributed by atoms with E-state index in [2.05, 4.69) is 82.0 Å². The average molecular weight is 437 g/mol. The molecule has 2 aromatic carbocycles. The molecule has 0 saturated heterocycles. The minimum Gasteiger partial charge on any atom is -0.322 e. The molecule has 0 radical (unpaired) electrons. The molecule has 5 heteroatoms. The predicted molar refractivity (Wildman–Crippen MR) is 129 cm³/mol. The molecule has 1 heterocycles. The number of hydrogen-bond donors (Lipinski definition) is 0. The van der Waals surface area contributed by atoms with Crippen molar-refractivity contribution in [2.24, 2.45) is 17.9 Å². The highest BCUT2D eigenvalue weighted by atomic mass is 32.2. The Bertz CT molecular complexity index is 1070. The summed E-state index contributed by atoms with van der Waals surface area (Å²) >= 11 is 3.52. The quantitative estimate of drug-likeness (QED) is 0.425. The van der Waals surface area contributed by atoms with Gasteiger partial charge in [0.05, 0.1) is 15.5 Å². The molecule has 0 aliphatic heterocycles. The first-order chi connectivity index (χ1) is 14.2. The molecule has 1 saturated carbocycles. The Morgan fingerprint density at radius 1 is 0.833 bits per heavy atom. The van der Waals surface area contributed by atoms with E-state index in [-0.39, 0.29) is 4.08 Å². The second-order valence-electron chi connectivity index (χ2n) is 8.88. The van der Waals surface area contributed by atoms with Crippen molar-refractivity contribution < 1.29 is 4.79 Å². The first-order valence-corrected chi connectivity index (χ1v) is 12.2. The van der Waals surface area contributed by atoms with E-state index in [9.17, 15) is 4.79 Å². The van der Waals surface area contributed by atoms with E-state index in [4.69, 9.17) is 4.98 Å². The summed E-state index contributed by atoms with van der Waals surface area (Å²) in [4.78, 5) is 18.0. The van der Waals surface area contributed by atoms with Gasteiger partial charge in [0.2, 0.25) is 0 Å². The topological polar surface area (TPSA) is 34.9 Å². The highest BCUT2D eigenvalue weighted by molar-refractivity contribution is 8.18. The number of imidazole rings is 1. The molecule has 30 heavy (non-hydrogen) atoms. The third kappa shape index (κ3) is 2.82. The first-order valence-electron chi connectivity index (χ1n) is 10.1. The van der Waals surface area contributed by atoms with Gasteiger partial charge < -0.3 is 4.57 Å². The largest absolute Gasteiger partial charge is 0.322 e. The van der Waals surface area contributed by atoms with Crippen LogP contribution >= 0.6 is 23.5 Å². The molecule has 0 unspecified atom stereocenters. The zero-order valence-corrected chi connectivity index (χ0v) is 20.0. The van der Waals surface area contributed by atoms with E-state index < -0.39 is 10.8 Å². The summed E-state index contributed by atoms with van der Waals surface area (Å²) in [6.45, 7) is 8.29. The van der Waals surface area contributed by atoms with Crippen LogP contribution in [-0.2, 0) is 11.8 Å². The van der Waals surface area contributed by atoms with Crippen molar-refractivity contribution in [2.75, 3.05) is 6.26 Å². The smallest absolute Gasteiger partial charge is 0.170 e. The molecular weight excluding hydrogens is 408 g/mol. The van der Waals surface area contributed by atoms with Crippen LogP contribution in [0.3, 0.4) is 0 Å². The number of carbonyl (C=O) groups is 1. The van der Waals surface area contributed by atoms with Gasteiger partial charge in [-0.05, 0) is 6.26 Å². The van der Waals surface area contributed by atoms with Gasteiger partial charge in [0, 0.05) is 29.0 Å². The fourth-order valence-electron chi connectivity index (χ4n) is 5.03. The van der Waals surface area contributed by atoms with Gasteiger partial charge in [-0.25, -0.2) is 4.98 Å². The molecule has 3 aromatic rings. The van der Waals surface area contributed by atoms with Crippen LogP contribution in [0, 0.1) is 10.8 Å². The Balaban J connectivity index is 1.88. The van der Waals surface area contributed by atoms with E-state index in [0.29, 0.717) is 5.78 Å². The number of ketones is 1. The monoisotopic (exact) mass is 436 g/mol. The van der Waals surface area contributed by atoms with Gasteiger partial charge >= 0.3 is 0 Å². The maximum atomic E-state index is 12.9. The van der Waals surface area contributed by atoms with Crippen molar-refractivity contribution in [2.45, 2.75) is 36.9 Å². The summed E-state index contributed by atoms with van der Waals surface area (Å²) in [5.74, 6) is 0.317. The Kier molecular flexibility index (Phi) is 5.18. The van der Waals surface area contributed by atoms with Crippen molar-refractivity contribution >= 4 is 29.3 Å². The van der Waals surface area contributed by atoms with Gasteiger partial charge in [0.25, 0.3) is 0 Å². The van der Waals surface area contributed by atoms with E-state index in [1.165, 1.54) is 0 Å². The van der Waals surface area contributed by atoms with Crippen LogP contribution in [0.25, 0.3) is 22.5 Å². The molecule has 1 aliphatic rings. The van der Waals surface area contributed by atoms with E-state index in [0.717, 1.165) is 27.7 Å². The van der Waals surface area contributed by atoms with Crippen LogP contribution in [0.4, 0.5) is 0 Å². The lowest BCUT2D eigenvalue weighted by Gasteiger charge is -2.63. The molecule has 1 aliphatic carbocycles. The van der Waals surface area contributed by atoms with Crippen molar-refractivity contribution in [3.8, 4) is 22.5 Å². The van der Waals surface area contributed by atoms with Crippen LogP contribution < -0.4 is 0 Å². The second-order valence-corrected chi connectivity index (χ2v) is 11.3. The Hall–Kier alpha value is -1.98. The Morgan fingerprint density at radius 3 is 1.83 bits per heavy atom. The number of Topliss-reactive ketones (excluding diaryl/α,β-unsaturated/α-hetero) is 1. The highest BCUT2D eigenvalue weighted by Crippen LogP contribution is 2.71. The summed E-state index contributed by atoms with van der Waals surface area (Å²) in [6, 6.07) is 20.7. The van der Waals surface area contributed by atoms with Gasteiger partial charge in [-0.3, -0.25) is 4.79 Å².